The van der Waals surface area contributed by atoms with E-state index < -0.39 is 17.9 Å². The SMILES string of the molecule is COc1cc(/C=C2/SC(=S)N(C(C(=O)O)c3ccccc3)C2=O)cc(Br)c1OCc1cc(C)c(C)cc1C. The molecule has 0 radical (unpaired) electrons. The molecule has 1 unspecified atom stereocenters. The summed E-state index contributed by atoms with van der Waals surface area (Å²) in [5.74, 6) is -0.573. The van der Waals surface area contributed by atoms with Gasteiger partial charge in [0.1, 0.15) is 10.9 Å². The Balaban J connectivity index is 1.60. The first-order chi connectivity index (χ1) is 18.1. The number of hydrogen-bond acceptors (Lipinski definition) is 6. The summed E-state index contributed by atoms with van der Waals surface area (Å²) in [7, 11) is 1.55. The number of thiocarbonyl (C=S) groups is 1. The van der Waals surface area contributed by atoms with Crippen LogP contribution in [0.5, 0.6) is 11.5 Å². The minimum absolute atomic E-state index is 0.187. The Hall–Kier alpha value is -3.14. The van der Waals surface area contributed by atoms with Crippen molar-refractivity contribution in [2.75, 3.05) is 7.11 Å². The molecule has 1 saturated heterocycles. The number of carbonyl (C=O) groups excluding carboxylic acids is 1. The molecule has 1 fully saturated rings. The molecular weight excluding hydrogens is 586 g/mol. The van der Waals surface area contributed by atoms with Gasteiger partial charge in [-0.3, -0.25) is 9.69 Å². The quantitative estimate of drug-likeness (QED) is 0.217. The lowest BCUT2D eigenvalue weighted by Crippen LogP contribution is -2.37. The Bertz CT molecular complexity index is 1460. The van der Waals surface area contributed by atoms with Crippen molar-refractivity contribution in [3.05, 3.63) is 97.4 Å². The first-order valence-corrected chi connectivity index (χ1v) is 13.7. The Morgan fingerprint density at radius 2 is 1.79 bits per heavy atom. The number of benzene rings is 3. The number of aryl methyl sites for hydroxylation is 3. The zero-order chi connectivity index (χ0) is 27.6. The van der Waals surface area contributed by atoms with Crippen LogP contribution >= 0.6 is 39.9 Å². The van der Waals surface area contributed by atoms with E-state index in [1.54, 1.807) is 49.6 Å². The number of aliphatic carboxylic acids is 1. The molecule has 1 aliphatic heterocycles. The predicted molar refractivity (Wildman–Crippen MR) is 158 cm³/mol. The molecule has 1 aliphatic rings. The summed E-state index contributed by atoms with van der Waals surface area (Å²) in [6.07, 6.45) is 1.67. The summed E-state index contributed by atoms with van der Waals surface area (Å²) in [5, 5.41) is 9.89. The molecular formula is C29H26BrNO5S2. The first-order valence-electron chi connectivity index (χ1n) is 11.7. The summed E-state index contributed by atoms with van der Waals surface area (Å²) >= 11 is 10.1. The maximum absolute atomic E-state index is 13.3. The fraction of sp³-hybridized carbons (Fsp3) is 0.207. The van der Waals surface area contributed by atoms with Crippen molar-refractivity contribution < 1.29 is 24.2 Å². The molecule has 0 bridgehead atoms. The molecule has 0 aliphatic carbocycles. The third kappa shape index (κ3) is 5.80. The van der Waals surface area contributed by atoms with E-state index in [0.29, 0.717) is 38.6 Å². The molecule has 9 heteroatoms. The number of ether oxygens (including phenoxy) is 2. The van der Waals surface area contributed by atoms with E-state index in [2.05, 4.69) is 48.8 Å². The number of amides is 1. The fourth-order valence-corrected chi connectivity index (χ4v) is 6.07. The Morgan fingerprint density at radius 1 is 1.11 bits per heavy atom. The number of halogens is 1. The number of hydrogen-bond donors (Lipinski definition) is 1. The molecule has 1 N–H and O–H groups in total. The lowest BCUT2D eigenvalue weighted by Gasteiger charge is -2.23. The first kappa shape index (κ1) is 27.9. The van der Waals surface area contributed by atoms with Crippen molar-refractivity contribution in [3.63, 3.8) is 0 Å². The highest BCUT2D eigenvalue weighted by Crippen LogP contribution is 2.41. The second-order valence-electron chi connectivity index (χ2n) is 8.89. The second kappa shape index (κ2) is 11.7. The highest BCUT2D eigenvalue weighted by molar-refractivity contribution is 9.10. The van der Waals surface area contributed by atoms with Crippen LogP contribution in [0.2, 0.25) is 0 Å². The van der Waals surface area contributed by atoms with Gasteiger partial charge in [0.25, 0.3) is 5.91 Å². The Kier molecular flexibility index (Phi) is 8.60. The number of methoxy groups -OCH3 is 1. The normalized spacial score (nSPS) is 15.2. The fourth-order valence-electron chi connectivity index (χ4n) is 4.18. The molecule has 1 atom stereocenters. The van der Waals surface area contributed by atoms with Crippen LogP contribution in [-0.2, 0) is 16.2 Å². The summed E-state index contributed by atoms with van der Waals surface area (Å²) in [6.45, 7) is 6.59. The number of nitrogens with zero attached hydrogens (tertiary/aromatic N) is 1. The van der Waals surface area contributed by atoms with Crippen LogP contribution in [-0.4, -0.2) is 33.3 Å². The largest absolute Gasteiger partial charge is 0.493 e. The van der Waals surface area contributed by atoms with Crippen LogP contribution < -0.4 is 9.47 Å². The third-order valence-electron chi connectivity index (χ3n) is 6.30. The standard InChI is InChI=1S/C29H26BrNO5S2/c1-16-10-18(3)21(11-17(16)2)15-36-26-22(30)12-19(13-23(26)35-4)14-24-27(32)31(29(37)38-24)25(28(33)34)20-8-6-5-7-9-20/h5-14,25H,15H2,1-4H3,(H,33,34)/b24-14+. The molecule has 3 aromatic carbocycles. The van der Waals surface area contributed by atoms with Gasteiger partial charge in [-0.05, 0) is 88.3 Å². The number of rotatable bonds is 8. The third-order valence-corrected chi connectivity index (χ3v) is 8.22. The molecule has 38 heavy (non-hydrogen) atoms. The van der Waals surface area contributed by atoms with E-state index in [1.807, 2.05) is 6.07 Å². The number of carbonyl (C=O) groups is 2. The van der Waals surface area contributed by atoms with Gasteiger partial charge in [0.2, 0.25) is 0 Å². The molecule has 196 valence electrons. The van der Waals surface area contributed by atoms with Crippen LogP contribution in [0, 0.1) is 20.8 Å². The van der Waals surface area contributed by atoms with Crippen molar-refractivity contribution in [2.24, 2.45) is 0 Å². The molecule has 1 amide bonds. The van der Waals surface area contributed by atoms with Crippen molar-refractivity contribution in [2.45, 2.75) is 33.4 Å². The van der Waals surface area contributed by atoms with E-state index in [9.17, 15) is 14.7 Å². The van der Waals surface area contributed by atoms with E-state index in [0.717, 1.165) is 27.8 Å². The van der Waals surface area contributed by atoms with E-state index in [4.69, 9.17) is 21.7 Å². The average molecular weight is 613 g/mol. The van der Waals surface area contributed by atoms with Gasteiger partial charge in [0.05, 0.1) is 16.5 Å². The number of thioether (sulfide) groups is 1. The molecule has 0 spiro atoms. The predicted octanol–water partition coefficient (Wildman–Crippen LogP) is 6.99. The second-order valence-corrected chi connectivity index (χ2v) is 11.4. The summed E-state index contributed by atoms with van der Waals surface area (Å²) in [4.78, 5) is 26.9. The van der Waals surface area contributed by atoms with Crippen LogP contribution in [0.15, 0.2) is 64.0 Å². The minimum atomic E-state index is -1.21. The van der Waals surface area contributed by atoms with Crippen LogP contribution in [0.1, 0.15) is 39.4 Å². The molecule has 0 aromatic heterocycles. The minimum Gasteiger partial charge on any atom is -0.493 e. The maximum Gasteiger partial charge on any atom is 0.331 e. The molecule has 4 rings (SSSR count). The van der Waals surface area contributed by atoms with Crippen LogP contribution in [0.25, 0.3) is 6.08 Å². The van der Waals surface area contributed by atoms with Crippen molar-refractivity contribution in [3.8, 4) is 11.5 Å². The average Bonchev–Trinajstić information content (AvgIpc) is 3.14. The maximum atomic E-state index is 13.3. The lowest BCUT2D eigenvalue weighted by molar-refractivity contribution is -0.145. The zero-order valence-corrected chi connectivity index (χ0v) is 24.5. The van der Waals surface area contributed by atoms with E-state index in [1.165, 1.54) is 11.1 Å². The highest BCUT2D eigenvalue weighted by Gasteiger charge is 2.41. The van der Waals surface area contributed by atoms with Gasteiger partial charge < -0.3 is 14.6 Å². The Morgan fingerprint density at radius 3 is 2.45 bits per heavy atom. The highest BCUT2D eigenvalue weighted by atomic mass is 79.9. The number of carboxylic acids is 1. The lowest BCUT2D eigenvalue weighted by atomic mass is 10.0. The van der Waals surface area contributed by atoms with Crippen LogP contribution in [0.4, 0.5) is 0 Å². The van der Waals surface area contributed by atoms with Gasteiger partial charge in [-0.2, -0.15) is 0 Å². The van der Waals surface area contributed by atoms with Gasteiger partial charge in [-0.15, -0.1) is 0 Å². The summed E-state index contributed by atoms with van der Waals surface area (Å²) in [5.41, 5.74) is 5.82. The molecule has 6 nitrogen and oxygen atoms in total. The monoisotopic (exact) mass is 611 g/mol. The van der Waals surface area contributed by atoms with Crippen molar-refractivity contribution in [1.29, 1.82) is 0 Å². The van der Waals surface area contributed by atoms with Gasteiger partial charge in [-0.1, -0.05) is 66.4 Å². The van der Waals surface area contributed by atoms with Gasteiger partial charge in [0, 0.05) is 0 Å². The van der Waals surface area contributed by atoms with Crippen molar-refractivity contribution in [1.82, 2.24) is 4.90 Å². The smallest absolute Gasteiger partial charge is 0.331 e. The molecule has 3 aromatic rings. The van der Waals surface area contributed by atoms with E-state index in [-0.39, 0.29) is 4.32 Å². The van der Waals surface area contributed by atoms with Gasteiger partial charge in [-0.25, -0.2) is 4.79 Å². The van der Waals surface area contributed by atoms with E-state index >= 15 is 0 Å². The van der Waals surface area contributed by atoms with Crippen LogP contribution in [0.3, 0.4) is 0 Å². The molecule has 0 saturated carbocycles. The Labute approximate surface area is 239 Å². The summed E-state index contributed by atoms with van der Waals surface area (Å²) in [6, 6.07) is 15.2. The van der Waals surface area contributed by atoms with Gasteiger partial charge >= 0.3 is 5.97 Å². The molecule has 1 heterocycles. The van der Waals surface area contributed by atoms with Crippen molar-refractivity contribution >= 4 is 62.2 Å². The zero-order valence-electron chi connectivity index (χ0n) is 21.3. The van der Waals surface area contributed by atoms with Gasteiger partial charge in [0.15, 0.2) is 17.5 Å². The number of carboxylic acid groups (broad SMARTS) is 1. The summed E-state index contributed by atoms with van der Waals surface area (Å²) < 4.78 is 12.6. The topological polar surface area (TPSA) is 76.1 Å².